The van der Waals surface area contributed by atoms with Crippen LogP contribution < -0.4 is 5.56 Å². The molecule has 2 fully saturated rings. The molecular weight excluding hydrogens is 399 g/mol. The van der Waals surface area contributed by atoms with Crippen LogP contribution in [0.1, 0.15) is 53.1 Å². The maximum Gasteiger partial charge on any atom is 0.257 e. The fourth-order valence-corrected chi connectivity index (χ4v) is 4.71. The van der Waals surface area contributed by atoms with Crippen molar-refractivity contribution in [2.45, 2.75) is 38.6 Å². The Bertz CT molecular complexity index is 1110. The molecule has 2 aliphatic heterocycles. The molecule has 8 heteroatoms. The zero-order valence-electron chi connectivity index (χ0n) is 17.4. The number of carbonyl (C=O) groups excluding carboxylic acids is 2. The molecule has 3 atom stereocenters. The second-order valence-electron chi connectivity index (χ2n) is 8.92. The number of likely N-dealkylation sites (tertiary alicyclic amines) is 1. The number of halogens is 1. The van der Waals surface area contributed by atoms with Gasteiger partial charge in [-0.3, -0.25) is 14.4 Å². The summed E-state index contributed by atoms with van der Waals surface area (Å²) >= 11 is 0. The number of H-pyrrole nitrogens is 1. The molecule has 2 aromatic rings. The summed E-state index contributed by atoms with van der Waals surface area (Å²) in [6, 6.07) is 5.91. The van der Waals surface area contributed by atoms with E-state index >= 15 is 0 Å². The highest BCUT2D eigenvalue weighted by Gasteiger charge is 2.43. The van der Waals surface area contributed by atoms with E-state index in [1.807, 2.05) is 4.90 Å². The molecule has 0 unspecified atom stereocenters. The Morgan fingerprint density at radius 3 is 2.71 bits per heavy atom. The predicted octanol–water partition coefficient (Wildman–Crippen LogP) is 2.08. The molecule has 31 heavy (non-hydrogen) atoms. The summed E-state index contributed by atoms with van der Waals surface area (Å²) in [6.07, 6.45) is 2.10. The van der Waals surface area contributed by atoms with Gasteiger partial charge in [-0.2, -0.15) is 0 Å². The minimum atomic E-state index is -0.557. The first-order chi connectivity index (χ1) is 14.9. The van der Waals surface area contributed by atoms with Gasteiger partial charge >= 0.3 is 0 Å². The quantitative estimate of drug-likeness (QED) is 0.818. The van der Waals surface area contributed by atoms with Crippen LogP contribution in [0.25, 0.3) is 0 Å². The first kappa shape index (κ1) is 19.9. The van der Waals surface area contributed by atoms with Crippen LogP contribution in [-0.2, 0) is 17.8 Å². The van der Waals surface area contributed by atoms with Crippen LogP contribution in [0.3, 0.4) is 0 Å². The Labute approximate surface area is 179 Å². The molecule has 5 rings (SSSR count). The number of hydrogen-bond acceptors (Lipinski definition) is 4. The summed E-state index contributed by atoms with van der Waals surface area (Å²) in [6.45, 7) is 3.84. The molecule has 3 aliphatic rings. The van der Waals surface area contributed by atoms with E-state index < -0.39 is 11.7 Å². The lowest BCUT2D eigenvalue weighted by molar-refractivity contribution is -0.131. The molecule has 1 saturated carbocycles. The third-order valence-corrected chi connectivity index (χ3v) is 6.80. The van der Waals surface area contributed by atoms with Crippen molar-refractivity contribution in [3.8, 4) is 0 Å². The molecule has 1 aliphatic carbocycles. The van der Waals surface area contributed by atoms with Gasteiger partial charge in [0.25, 0.3) is 11.5 Å². The summed E-state index contributed by atoms with van der Waals surface area (Å²) in [5.41, 5.74) is 0.989. The van der Waals surface area contributed by atoms with Crippen LogP contribution in [0.4, 0.5) is 4.39 Å². The Kier molecular flexibility index (Phi) is 4.87. The van der Waals surface area contributed by atoms with Gasteiger partial charge in [-0.15, -0.1) is 0 Å². The van der Waals surface area contributed by atoms with Crippen LogP contribution in [0.2, 0.25) is 0 Å². The zero-order chi connectivity index (χ0) is 21.7. The fourth-order valence-electron chi connectivity index (χ4n) is 4.71. The molecule has 1 saturated heterocycles. The number of fused-ring (bicyclic) bond motifs is 1. The molecule has 162 valence electrons. The highest BCUT2D eigenvalue weighted by atomic mass is 19.1. The summed E-state index contributed by atoms with van der Waals surface area (Å²) in [5, 5.41) is 0. The van der Waals surface area contributed by atoms with Gasteiger partial charge in [0.1, 0.15) is 11.6 Å². The maximum atomic E-state index is 14.1. The molecule has 0 radical (unpaired) electrons. The highest BCUT2D eigenvalue weighted by molar-refractivity contribution is 5.94. The lowest BCUT2D eigenvalue weighted by Crippen LogP contribution is -2.40. The van der Waals surface area contributed by atoms with Gasteiger partial charge in [0, 0.05) is 37.0 Å². The van der Waals surface area contributed by atoms with Crippen molar-refractivity contribution in [2.75, 3.05) is 19.6 Å². The zero-order valence-corrected chi connectivity index (χ0v) is 17.4. The van der Waals surface area contributed by atoms with Gasteiger partial charge in [-0.05, 0) is 37.3 Å². The molecule has 1 N–H and O–H groups in total. The van der Waals surface area contributed by atoms with Gasteiger partial charge in [0.05, 0.1) is 17.8 Å². The SMILES string of the molecule is C[C@@H]1C[C@H]1C(=O)N1CC[C@H](c2nc3c(c(=O)[nH]2)CCN(C(=O)c2ccccc2F)C3)C1. The Balaban J connectivity index is 1.35. The first-order valence-corrected chi connectivity index (χ1v) is 10.9. The van der Waals surface area contributed by atoms with E-state index in [9.17, 15) is 18.8 Å². The van der Waals surface area contributed by atoms with Crippen LogP contribution in [0.5, 0.6) is 0 Å². The van der Waals surface area contributed by atoms with E-state index in [-0.39, 0.29) is 35.4 Å². The van der Waals surface area contributed by atoms with Crippen molar-refractivity contribution < 1.29 is 14.0 Å². The molecule has 0 bridgehead atoms. The standard InChI is InChI=1S/C23H25FN4O3/c1-13-10-17(13)23(31)27-8-6-14(11-27)20-25-19-12-28(9-7-16(19)21(29)26-20)22(30)15-4-2-3-5-18(15)24/h2-5,13-14,17H,6-12H2,1H3,(H,25,26,29)/t13-,14+,17-/m1/s1. The van der Waals surface area contributed by atoms with E-state index in [1.165, 1.54) is 17.0 Å². The lowest BCUT2D eigenvalue weighted by Gasteiger charge is -2.28. The molecule has 7 nitrogen and oxygen atoms in total. The lowest BCUT2D eigenvalue weighted by atomic mass is 10.0. The number of amides is 2. The third-order valence-electron chi connectivity index (χ3n) is 6.80. The molecule has 1 aromatic heterocycles. The van der Waals surface area contributed by atoms with E-state index in [0.717, 1.165) is 12.8 Å². The third kappa shape index (κ3) is 3.64. The highest BCUT2D eigenvalue weighted by Crippen LogP contribution is 2.40. The van der Waals surface area contributed by atoms with E-state index in [2.05, 4.69) is 11.9 Å². The predicted molar refractivity (Wildman–Crippen MR) is 111 cm³/mol. The van der Waals surface area contributed by atoms with Crippen molar-refractivity contribution in [3.05, 3.63) is 63.1 Å². The topological polar surface area (TPSA) is 86.4 Å². The molecular formula is C23H25FN4O3. The van der Waals surface area contributed by atoms with E-state index in [0.29, 0.717) is 49.1 Å². The number of hydrogen-bond donors (Lipinski definition) is 1. The van der Waals surface area contributed by atoms with Crippen LogP contribution in [-0.4, -0.2) is 51.2 Å². The number of aromatic nitrogens is 2. The Hall–Kier alpha value is -3.03. The van der Waals surface area contributed by atoms with Crippen LogP contribution >= 0.6 is 0 Å². The number of nitrogens with zero attached hydrogens (tertiary/aromatic N) is 3. The summed E-state index contributed by atoms with van der Waals surface area (Å²) in [4.78, 5) is 49.0. The molecule has 3 heterocycles. The normalized spacial score (nSPS) is 24.8. The van der Waals surface area contributed by atoms with Crippen molar-refractivity contribution in [1.82, 2.24) is 19.8 Å². The van der Waals surface area contributed by atoms with Crippen molar-refractivity contribution >= 4 is 11.8 Å². The summed E-state index contributed by atoms with van der Waals surface area (Å²) < 4.78 is 14.1. The van der Waals surface area contributed by atoms with Crippen molar-refractivity contribution in [3.63, 3.8) is 0 Å². The Morgan fingerprint density at radius 2 is 1.97 bits per heavy atom. The van der Waals surface area contributed by atoms with Gasteiger partial charge in [-0.1, -0.05) is 19.1 Å². The van der Waals surface area contributed by atoms with Crippen LogP contribution in [0.15, 0.2) is 29.1 Å². The molecule has 0 spiro atoms. The van der Waals surface area contributed by atoms with Gasteiger partial charge in [0.15, 0.2) is 0 Å². The minimum Gasteiger partial charge on any atom is -0.342 e. The summed E-state index contributed by atoms with van der Waals surface area (Å²) in [7, 11) is 0. The first-order valence-electron chi connectivity index (χ1n) is 10.9. The van der Waals surface area contributed by atoms with E-state index in [1.54, 1.807) is 12.1 Å². The second kappa shape index (κ2) is 7.59. The number of rotatable bonds is 3. The molecule has 1 aromatic carbocycles. The molecule has 2 amide bonds. The average Bonchev–Trinajstić information content (AvgIpc) is 3.29. The number of benzene rings is 1. The van der Waals surface area contributed by atoms with Crippen molar-refractivity contribution in [1.29, 1.82) is 0 Å². The van der Waals surface area contributed by atoms with Gasteiger partial charge in [0.2, 0.25) is 5.91 Å². The fraction of sp³-hybridized carbons (Fsp3) is 0.478. The maximum absolute atomic E-state index is 14.1. The van der Waals surface area contributed by atoms with Gasteiger partial charge in [-0.25, -0.2) is 9.37 Å². The monoisotopic (exact) mass is 424 g/mol. The summed E-state index contributed by atoms with van der Waals surface area (Å²) in [5.74, 6) is 0.411. The van der Waals surface area contributed by atoms with Gasteiger partial charge < -0.3 is 14.8 Å². The van der Waals surface area contributed by atoms with Crippen LogP contribution in [0, 0.1) is 17.7 Å². The number of carbonyl (C=O) groups is 2. The number of aromatic amines is 1. The largest absolute Gasteiger partial charge is 0.342 e. The Morgan fingerprint density at radius 1 is 1.19 bits per heavy atom. The number of nitrogens with one attached hydrogen (secondary N) is 1. The van der Waals surface area contributed by atoms with Crippen molar-refractivity contribution in [2.24, 2.45) is 11.8 Å². The average molecular weight is 424 g/mol. The minimum absolute atomic E-state index is 0.0198. The van der Waals surface area contributed by atoms with E-state index in [4.69, 9.17) is 4.98 Å². The smallest absolute Gasteiger partial charge is 0.257 e. The second-order valence-corrected chi connectivity index (χ2v) is 8.92.